The van der Waals surface area contributed by atoms with Gasteiger partial charge in [-0.2, -0.15) is 5.10 Å². The van der Waals surface area contributed by atoms with Crippen molar-refractivity contribution in [2.75, 3.05) is 11.9 Å². The Bertz CT molecular complexity index is 1560. The summed E-state index contributed by atoms with van der Waals surface area (Å²) in [7, 11) is 0. The quantitative estimate of drug-likeness (QED) is 0.297. The molecule has 7 nitrogen and oxygen atoms in total. The van der Waals surface area contributed by atoms with Gasteiger partial charge in [0, 0.05) is 17.4 Å². The second-order valence-electron chi connectivity index (χ2n) is 9.27. The van der Waals surface area contributed by atoms with Crippen LogP contribution in [0.3, 0.4) is 0 Å². The fourth-order valence-electron chi connectivity index (χ4n) is 5.13. The standard InChI is InChI=1S/C31H29N5O2/c1-3-38-26-18-16-24(17-19-26)32-31(37)35-21-27-22(2)33-36(25-13-8-5-9-14-25)30(27)34-20-10-15-28(34)29(35)23-11-6-4-7-12-23/h4-20,29H,3,21H2,1-2H3,(H,32,37). The zero-order valence-electron chi connectivity index (χ0n) is 21.4. The maximum absolute atomic E-state index is 14.0. The van der Waals surface area contributed by atoms with Gasteiger partial charge in [0.05, 0.1) is 36.3 Å². The molecule has 7 heteroatoms. The number of nitrogens with one attached hydrogen (secondary N) is 1. The fraction of sp³-hybridized carbons (Fsp3) is 0.161. The van der Waals surface area contributed by atoms with Gasteiger partial charge >= 0.3 is 6.03 Å². The molecule has 0 bridgehead atoms. The molecule has 0 fully saturated rings. The SMILES string of the molecule is CCOc1ccc(NC(=O)N2Cc3c(C)nn(-c4ccccc4)c3-n3cccc3C2c2ccccc2)cc1. The number of aryl methyl sites for hydroxylation is 1. The number of benzene rings is 3. The third kappa shape index (κ3) is 4.22. The van der Waals surface area contributed by atoms with Crippen LogP contribution in [0, 0.1) is 6.92 Å². The first-order valence-corrected chi connectivity index (χ1v) is 12.8. The molecular formula is C31H29N5O2. The summed E-state index contributed by atoms with van der Waals surface area (Å²) in [6, 6.07) is 31.4. The number of amides is 2. The van der Waals surface area contributed by atoms with Crippen molar-refractivity contribution in [3.05, 3.63) is 126 Å². The van der Waals surface area contributed by atoms with Crippen LogP contribution in [0.1, 0.15) is 35.5 Å². The normalized spacial score (nSPS) is 14.4. The maximum atomic E-state index is 14.0. The monoisotopic (exact) mass is 503 g/mol. The van der Waals surface area contributed by atoms with Crippen LogP contribution in [0.4, 0.5) is 10.5 Å². The average Bonchev–Trinajstić information content (AvgIpc) is 3.51. The van der Waals surface area contributed by atoms with Crippen molar-refractivity contribution in [1.29, 1.82) is 0 Å². The van der Waals surface area contributed by atoms with Gasteiger partial charge in [-0.15, -0.1) is 0 Å². The molecule has 1 atom stereocenters. The number of ether oxygens (including phenoxy) is 1. The van der Waals surface area contributed by atoms with E-state index < -0.39 is 0 Å². The van der Waals surface area contributed by atoms with E-state index in [0.29, 0.717) is 18.8 Å². The topological polar surface area (TPSA) is 64.3 Å². The van der Waals surface area contributed by atoms with Crippen LogP contribution in [0.15, 0.2) is 103 Å². The highest BCUT2D eigenvalue weighted by molar-refractivity contribution is 5.90. The Morgan fingerprint density at radius 3 is 2.37 bits per heavy atom. The number of urea groups is 1. The third-order valence-corrected chi connectivity index (χ3v) is 6.88. The molecule has 190 valence electrons. The average molecular weight is 504 g/mol. The Hall–Kier alpha value is -4.78. The van der Waals surface area contributed by atoms with Crippen LogP contribution in [-0.4, -0.2) is 31.9 Å². The van der Waals surface area contributed by atoms with E-state index >= 15 is 0 Å². The van der Waals surface area contributed by atoms with Gasteiger partial charge in [0.25, 0.3) is 0 Å². The zero-order valence-corrected chi connectivity index (χ0v) is 21.4. The maximum Gasteiger partial charge on any atom is 0.322 e. The van der Waals surface area contributed by atoms with Gasteiger partial charge < -0.3 is 19.5 Å². The Balaban J connectivity index is 1.47. The van der Waals surface area contributed by atoms with Crippen molar-refractivity contribution in [1.82, 2.24) is 19.2 Å². The Kier molecular flexibility index (Phi) is 6.17. The molecule has 38 heavy (non-hydrogen) atoms. The van der Waals surface area contributed by atoms with Gasteiger partial charge in [0.15, 0.2) is 0 Å². The summed E-state index contributed by atoms with van der Waals surface area (Å²) < 4.78 is 9.71. The number of para-hydroxylation sites is 1. The zero-order chi connectivity index (χ0) is 26.1. The summed E-state index contributed by atoms with van der Waals surface area (Å²) in [5.74, 6) is 1.72. The van der Waals surface area contributed by atoms with E-state index in [1.54, 1.807) is 0 Å². The van der Waals surface area contributed by atoms with Crippen molar-refractivity contribution < 1.29 is 9.53 Å². The Morgan fingerprint density at radius 1 is 0.947 bits per heavy atom. The first kappa shape index (κ1) is 23.6. The van der Waals surface area contributed by atoms with Gasteiger partial charge in [0.2, 0.25) is 0 Å². The summed E-state index contributed by atoms with van der Waals surface area (Å²) in [5, 5.41) is 8.02. The van der Waals surface area contributed by atoms with Crippen LogP contribution in [0.5, 0.6) is 5.75 Å². The molecule has 5 aromatic rings. The van der Waals surface area contributed by atoms with E-state index in [9.17, 15) is 4.79 Å². The van der Waals surface area contributed by atoms with Crippen LogP contribution >= 0.6 is 0 Å². The Labute approximate surface area is 221 Å². The predicted molar refractivity (Wildman–Crippen MR) is 148 cm³/mol. The lowest BCUT2D eigenvalue weighted by molar-refractivity contribution is 0.194. The van der Waals surface area contributed by atoms with Crippen LogP contribution in [0.2, 0.25) is 0 Å². The number of anilines is 1. The highest BCUT2D eigenvalue weighted by Gasteiger charge is 2.36. The van der Waals surface area contributed by atoms with Crippen LogP contribution < -0.4 is 10.1 Å². The van der Waals surface area contributed by atoms with Gasteiger partial charge in [-0.05, 0) is 67.9 Å². The molecule has 2 amide bonds. The molecule has 0 saturated heterocycles. The second kappa shape index (κ2) is 9.94. The minimum absolute atomic E-state index is 0.185. The van der Waals surface area contributed by atoms with Crippen molar-refractivity contribution in [2.45, 2.75) is 26.4 Å². The second-order valence-corrected chi connectivity index (χ2v) is 9.27. The Morgan fingerprint density at radius 2 is 1.66 bits per heavy atom. The number of aromatic nitrogens is 3. The van der Waals surface area contributed by atoms with E-state index in [1.165, 1.54) is 0 Å². The van der Waals surface area contributed by atoms with Crippen LogP contribution in [0.25, 0.3) is 11.5 Å². The van der Waals surface area contributed by atoms with Crippen molar-refractivity contribution >= 4 is 11.7 Å². The third-order valence-electron chi connectivity index (χ3n) is 6.88. The molecule has 2 aromatic heterocycles. The lowest BCUT2D eigenvalue weighted by Gasteiger charge is -2.31. The molecule has 0 spiro atoms. The summed E-state index contributed by atoms with van der Waals surface area (Å²) in [6.07, 6.45) is 2.05. The molecule has 0 aliphatic carbocycles. The molecule has 1 aliphatic rings. The minimum atomic E-state index is -0.301. The number of rotatable bonds is 5. The summed E-state index contributed by atoms with van der Waals surface area (Å²) >= 11 is 0. The number of hydrogen-bond donors (Lipinski definition) is 1. The molecular weight excluding hydrogens is 474 g/mol. The first-order chi connectivity index (χ1) is 18.6. The molecule has 1 N–H and O–H groups in total. The summed E-state index contributed by atoms with van der Waals surface area (Å²) in [6.45, 7) is 4.95. The fourth-order valence-corrected chi connectivity index (χ4v) is 5.13. The van der Waals surface area contributed by atoms with Gasteiger partial charge in [-0.1, -0.05) is 48.5 Å². The number of fused-ring (bicyclic) bond motifs is 3. The van der Waals surface area contributed by atoms with Gasteiger partial charge in [0.1, 0.15) is 11.6 Å². The lowest BCUT2D eigenvalue weighted by atomic mass is 10.0. The van der Waals surface area contributed by atoms with Crippen LogP contribution in [-0.2, 0) is 6.54 Å². The highest BCUT2D eigenvalue weighted by Crippen LogP contribution is 2.38. The smallest absolute Gasteiger partial charge is 0.322 e. The highest BCUT2D eigenvalue weighted by atomic mass is 16.5. The molecule has 0 radical (unpaired) electrons. The van der Waals surface area contributed by atoms with Gasteiger partial charge in [-0.3, -0.25) is 0 Å². The van der Waals surface area contributed by atoms with Crippen molar-refractivity contribution in [3.8, 4) is 17.3 Å². The molecule has 3 aromatic carbocycles. The first-order valence-electron chi connectivity index (χ1n) is 12.8. The molecule has 1 aliphatic heterocycles. The predicted octanol–water partition coefficient (Wildman–Crippen LogP) is 6.51. The molecule has 3 heterocycles. The lowest BCUT2D eigenvalue weighted by Crippen LogP contribution is -2.38. The molecule has 1 unspecified atom stereocenters. The number of carbonyl (C=O) groups excluding carboxylic acids is 1. The number of nitrogens with zero attached hydrogens (tertiary/aromatic N) is 4. The van der Waals surface area contributed by atoms with E-state index in [4.69, 9.17) is 9.84 Å². The number of hydrogen-bond acceptors (Lipinski definition) is 3. The van der Waals surface area contributed by atoms with Crippen molar-refractivity contribution in [3.63, 3.8) is 0 Å². The minimum Gasteiger partial charge on any atom is -0.494 e. The molecule has 0 saturated carbocycles. The molecule has 6 rings (SSSR count). The van der Waals surface area contributed by atoms with E-state index in [-0.39, 0.29) is 12.1 Å². The number of carbonyl (C=O) groups is 1. The van der Waals surface area contributed by atoms with E-state index in [2.05, 4.69) is 34.3 Å². The van der Waals surface area contributed by atoms with E-state index in [0.717, 1.165) is 39.8 Å². The largest absolute Gasteiger partial charge is 0.494 e. The van der Waals surface area contributed by atoms with Gasteiger partial charge in [-0.25, -0.2) is 9.48 Å². The van der Waals surface area contributed by atoms with Crippen molar-refractivity contribution in [2.24, 2.45) is 0 Å². The summed E-state index contributed by atoms with van der Waals surface area (Å²) in [4.78, 5) is 15.9. The van der Waals surface area contributed by atoms with E-state index in [1.807, 2.05) is 102 Å². The summed E-state index contributed by atoms with van der Waals surface area (Å²) in [5.41, 5.74) is 5.61.